The monoisotopic (exact) mass is 420 g/mol. The second kappa shape index (κ2) is 10.1. The average molecular weight is 421 g/mol. The molecular formula is C25H32N4O2. The number of amides is 2. The van der Waals surface area contributed by atoms with Gasteiger partial charge in [-0.15, -0.1) is 0 Å². The van der Waals surface area contributed by atoms with Crippen molar-refractivity contribution in [2.24, 2.45) is 5.92 Å². The Labute approximate surface area is 184 Å². The van der Waals surface area contributed by atoms with Crippen molar-refractivity contribution in [2.75, 3.05) is 26.2 Å². The molecule has 3 heterocycles. The first-order valence-corrected chi connectivity index (χ1v) is 11.4. The van der Waals surface area contributed by atoms with Crippen LogP contribution in [0.15, 0.2) is 48.8 Å². The van der Waals surface area contributed by atoms with Gasteiger partial charge in [0.25, 0.3) is 11.8 Å². The predicted octanol–water partition coefficient (Wildman–Crippen LogP) is 3.35. The van der Waals surface area contributed by atoms with Crippen molar-refractivity contribution in [1.82, 2.24) is 20.1 Å². The van der Waals surface area contributed by atoms with Gasteiger partial charge in [-0.05, 0) is 80.1 Å². The topological polar surface area (TPSA) is 65.5 Å². The molecule has 0 aliphatic carbocycles. The minimum absolute atomic E-state index is 0.0641. The predicted molar refractivity (Wildman–Crippen MR) is 121 cm³/mol. The molecule has 31 heavy (non-hydrogen) atoms. The maximum absolute atomic E-state index is 12.9. The molecule has 4 rings (SSSR count). The van der Waals surface area contributed by atoms with Crippen LogP contribution in [0.5, 0.6) is 0 Å². The second-order valence-corrected chi connectivity index (χ2v) is 8.88. The van der Waals surface area contributed by atoms with Crippen LogP contribution in [0, 0.1) is 5.92 Å². The number of likely N-dealkylation sites (tertiary alicyclic amines) is 2. The van der Waals surface area contributed by atoms with E-state index in [9.17, 15) is 9.59 Å². The molecule has 2 amide bonds. The van der Waals surface area contributed by atoms with Gasteiger partial charge in [-0.1, -0.05) is 6.92 Å². The third-order valence-electron chi connectivity index (χ3n) is 6.55. The van der Waals surface area contributed by atoms with Crippen molar-refractivity contribution in [3.63, 3.8) is 0 Å². The van der Waals surface area contributed by atoms with E-state index in [4.69, 9.17) is 0 Å². The first kappa shape index (κ1) is 21.5. The Morgan fingerprint density at radius 1 is 0.968 bits per heavy atom. The molecule has 1 atom stereocenters. The van der Waals surface area contributed by atoms with Crippen LogP contribution in [0.1, 0.15) is 58.9 Å². The number of nitrogens with one attached hydrogen (secondary N) is 1. The van der Waals surface area contributed by atoms with Gasteiger partial charge in [0.05, 0.1) is 0 Å². The highest BCUT2D eigenvalue weighted by Crippen LogP contribution is 2.24. The van der Waals surface area contributed by atoms with E-state index >= 15 is 0 Å². The van der Waals surface area contributed by atoms with Crippen molar-refractivity contribution in [3.8, 4) is 0 Å². The summed E-state index contributed by atoms with van der Waals surface area (Å²) < 4.78 is 0. The Balaban J connectivity index is 1.28. The maximum atomic E-state index is 12.9. The molecule has 6 heteroatoms. The van der Waals surface area contributed by atoms with Crippen molar-refractivity contribution >= 4 is 11.8 Å². The Kier molecular flexibility index (Phi) is 6.97. The molecule has 2 saturated heterocycles. The van der Waals surface area contributed by atoms with Crippen LogP contribution >= 0.6 is 0 Å². The molecule has 1 unspecified atom stereocenters. The number of pyridine rings is 1. The number of benzene rings is 1. The van der Waals surface area contributed by atoms with E-state index in [1.807, 2.05) is 17.0 Å². The summed E-state index contributed by atoms with van der Waals surface area (Å²) in [6, 6.07) is 11.4. The largest absolute Gasteiger partial charge is 0.348 e. The Morgan fingerprint density at radius 2 is 1.65 bits per heavy atom. The average Bonchev–Trinajstić information content (AvgIpc) is 2.83. The van der Waals surface area contributed by atoms with E-state index in [0.717, 1.165) is 37.4 Å². The maximum Gasteiger partial charge on any atom is 0.253 e. The van der Waals surface area contributed by atoms with Crippen LogP contribution in [0.2, 0.25) is 0 Å². The number of piperidine rings is 2. The standard InChI is InChI=1S/C25H32N4O2/c1-19-3-2-14-29(18-19)23-10-15-28(16-11-23)25(31)22-6-4-21(5-7-22)24(30)27-17-20-8-12-26-13-9-20/h4-9,12-13,19,23H,2-3,10-11,14-18H2,1H3,(H,27,30). The summed E-state index contributed by atoms with van der Waals surface area (Å²) in [5, 5.41) is 2.90. The number of aromatic nitrogens is 1. The van der Waals surface area contributed by atoms with Crippen LogP contribution in [0.25, 0.3) is 0 Å². The van der Waals surface area contributed by atoms with Gasteiger partial charge in [-0.3, -0.25) is 19.5 Å². The van der Waals surface area contributed by atoms with Gasteiger partial charge in [0.1, 0.15) is 0 Å². The van der Waals surface area contributed by atoms with Crippen LogP contribution < -0.4 is 5.32 Å². The molecule has 0 radical (unpaired) electrons. The highest BCUT2D eigenvalue weighted by atomic mass is 16.2. The second-order valence-electron chi connectivity index (χ2n) is 8.88. The molecule has 1 N–H and O–H groups in total. The summed E-state index contributed by atoms with van der Waals surface area (Å²) in [7, 11) is 0. The number of hydrogen-bond donors (Lipinski definition) is 1. The zero-order valence-corrected chi connectivity index (χ0v) is 18.3. The van der Waals surface area contributed by atoms with Gasteiger partial charge in [-0.2, -0.15) is 0 Å². The quantitative estimate of drug-likeness (QED) is 0.806. The summed E-state index contributed by atoms with van der Waals surface area (Å²) in [6.07, 6.45) is 8.14. The smallest absolute Gasteiger partial charge is 0.253 e. The number of carbonyl (C=O) groups is 2. The highest BCUT2D eigenvalue weighted by Gasteiger charge is 2.29. The first-order valence-electron chi connectivity index (χ1n) is 11.4. The first-order chi connectivity index (χ1) is 15.1. The molecule has 164 valence electrons. The zero-order chi connectivity index (χ0) is 21.6. The van der Waals surface area contributed by atoms with Gasteiger partial charge in [0.15, 0.2) is 0 Å². The zero-order valence-electron chi connectivity index (χ0n) is 18.3. The summed E-state index contributed by atoms with van der Waals surface area (Å²) in [5.41, 5.74) is 2.21. The molecule has 2 aliphatic heterocycles. The van der Waals surface area contributed by atoms with Gasteiger partial charge >= 0.3 is 0 Å². The highest BCUT2D eigenvalue weighted by molar-refractivity contribution is 5.97. The van der Waals surface area contributed by atoms with Crippen LogP contribution in [-0.4, -0.2) is 58.8 Å². The summed E-state index contributed by atoms with van der Waals surface area (Å²) in [4.78, 5) is 33.9. The summed E-state index contributed by atoms with van der Waals surface area (Å²) >= 11 is 0. The number of nitrogens with zero attached hydrogens (tertiary/aromatic N) is 3. The number of hydrogen-bond acceptors (Lipinski definition) is 4. The lowest BCUT2D eigenvalue weighted by Crippen LogP contribution is -2.49. The minimum atomic E-state index is -0.146. The van der Waals surface area contributed by atoms with Gasteiger partial charge in [0, 0.05) is 55.7 Å². The van der Waals surface area contributed by atoms with Crippen molar-refractivity contribution in [2.45, 2.75) is 45.2 Å². The normalized spacial score (nSPS) is 20.4. The fraction of sp³-hybridized carbons (Fsp3) is 0.480. The third-order valence-corrected chi connectivity index (χ3v) is 6.55. The van der Waals surface area contributed by atoms with Crippen molar-refractivity contribution in [3.05, 3.63) is 65.5 Å². The lowest BCUT2D eigenvalue weighted by atomic mass is 9.95. The Morgan fingerprint density at radius 3 is 2.32 bits per heavy atom. The molecule has 6 nitrogen and oxygen atoms in total. The third kappa shape index (κ3) is 5.50. The Hall–Kier alpha value is -2.73. The van der Waals surface area contributed by atoms with E-state index in [-0.39, 0.29) is 11.8 Å². The fourth-order valence-electron chi connectivity index (χ4n) is 4.72. The van der Waals surface area contributed by atoms with E-state index in [1.54, 1.807) is 36.7 Å². The lowest BCUT2D eigenvalue weighted by Gasteiger charge is -2.41. The molecular weight excluding hydrogens is 388 g/mol. The fourth-order valence-corrected chi connectivity index (χ4v) is 4.72. The molecule has 1 aromatic heterocycles. The molecule has 1 aromatic carbocycles. The van der Waals surface area contributed by atoms with Gasteiger partial charge in [0.2, 0.25) is 0 Å². The van der Waals surface area contributed by atoms with Crippen molar-refractivity contribution in [1.29, 1.82) is 0 Å². The molecule has 0 spiro atoms. The molecule has 0 bridgehead atoms. The molecule has 0 saturated carbocycles. The molecule has 2 fully saturated rings. The van der Waals surface area contributed by atoms with Crippen LogP contribution in [0.4, 0.5) is 0 Å². The van der Waals surface area contributed by atoms with E-state index in [0.29, 0.717) is 23.7 Å². The number of carbonyl (C=O) groups excluding carboxylic acids is 2. The Bertz CT molecular complexity index is 876. The lowest BCUT2D eigenvalue weighted by molar-refractivity contribution is 0.0541. The summed E-state index contributed by atoms with van der Waals surface area (Å²) in [5.74, 6) is 0.704. The van der Waals surface area contributed by atoms with Gasteiger partial charge in [-0.25, -0.2) is 0 Å². The molecule has 2 aromatic rings. The van der Waals surface area contributed by atoms with E-state index < -0.39 is 0 Å². The van der Waals surface area contributed by atoms with E-state index in [1.165, 1.54) is 25.9 Å². The SMILES string of the molecule is CC1CCCN(C2CCN(C(=O)c3ccc(C(=O)NCc4ccncc4)cc3)CC2)C1. The van der Waals surface area contributed by atoms with E-state index in [2.05, 4.69) is 22.1 Å². The summed E-state index contributed by atoms with van der Waals surface area (Å²) in [6.45, 7) is 6.81. The minimum Gasteiger partial charge on any atom is -0.348 e. The van der Waals surface area contributed by atoms with Crippen LogP contribution in [-0.2, 0) is 6.54 Å². The number of rotatable bonds is 5. The molecule has 2 aliphatic rings. The van der Waals surface area contributed by atoms with Crippen molar-refractivity contribution < 1.29 is 9.59 Å². The van der Waals surface area contributed by atoms with Crippen LogP contribution in [0.3, 0.4) is 0 Å². The van der Waals surface area contributed by atoms with Gasteiger partial charge < -0.3 is 10.2 Å².